The van der Waals surface area contributed by atoms with E-state index >= 15 is 0 Å². The molecule has 0 atom stereocenters. The second kappa shape index (κ2) is 8.03. The first kappa shape index (κ1) is 19.3. The van der Waals surface area contributed by atoms with Gasteiger partial charge in [-0.3, -0.25) is 14.8 Å². The van der Waals surface area contributed by atoms with Gasteiger partial charge in [0.15, 0.2) is 5.13 Å². The molecular formula is C17H23N5O4S. The summed E-state index contributed by atoms with van der Waals surface area (Å²) in [7, 11) is 0. The molecule has 0 saturated heterocycles. The van der Waals surface area contributed by atoms with E-state index < -0.39 is 10.9 Å². The summed E-state index contributed by atoms with van der Waals surface area (Å²) in [5.74, 6) is -0.430. The Hall–Kier alpha value is -2.49. The minimum atomic E-state index is -0.436. The summed E-state index contributed by atoms with van der Waals surface area (Å²) in [6, 6.07) is 0.369. The van der Waals surface area contributed by atoms with E-state index in [1.54, 1.807) is 20.8 Å². The maximum atomic E-state index is 12.4. The maximum Gasteiger partial charge on any atom is 0.350 e. The lowest BCUT2D eigenvalue weighted by Gasteiger charge is -2.09. The lowest BCUT2D eigenvalue weighted by Crippen LogP contribution is -2.14. The highest BCUT2D eigenvalue weighted by atomic mass is 32.1. The number of thiazole rings is 1. The number of ether oxygens (including phenoxy) is 1. The van der Waals surface area contributed by atoms with Crippen LogP contribution < -0.4 is 5.32 Å². The minimum Gasteiger partial charge on any atom is -0.462 e. The minimum absolute atomic E-state index is 0.00721. The van der Waals surface area contributed by atoms with Crippen molar-refractivity contribution >= 4 is 28.1 Å². The number of rotatable bonds is 7. The van der Waals surface area contributed by atoms with Gasteiger partial charge in [-0.1, -0.05) is 24.2 Å². The van der Waals surface area contributed by atoms with Crippen LogP contribution in [0.1, 0.15) is 59.4 Å². The van der Waals surface area contributed by atoms with Crippen LogP contribution in [0.4, 0.5) is 10.8 Å². The van der Waals surface area contributed by atoms with Crippen LogP contribution in [0.3, 0.4) is 0 Å². The summed E-state index contributed by atoms with van der Waals surface area (Å²) in [5, 5.41) is 19.5. The summed E-state index contributed by atoms with van der Waals surface area (Å²) in [6.07, 6.45) is 4.56. The molecule has 2 heterocycles. The van der Waals surface area contributed by atoms with Crippen molar-refractivity contribution in [2.24, 2.45) is 0 Å². The van der Waals surface area contributed by atoms with Crippen LogP contribution in [0, 0.1) is 24.0 Å². The van der Waals surface area contributed by atoms with Crippen LogP contribution in [0.15, 0.2) is 0 Å². The van der Waals surface area contributed by atoms with Gasteiger partial charge >= 0.3 is 11.7 Å². The predicted molar refractivity (Wildman–Crippen MR) is 101 cm³/mol. The highest BCUT2D eigenvalue weighted by molar-refractivity contribution is 7.17. The number of hydrogen-bond acceptors (Lipinski definition) is 8. The molecule has 1 fully saturated rings. The number of carbonyl (C=O) groups excluding carboxylic acids is 1. The summed E-state index contributed by atoms with van der Waals surface area (Å²) in [4.78, 5) is 28.1. The predicted octanol–water partition coefficient (Wildman–Crippen LogP) is 3.44. The molecular weight excluding hydrogens is 370 g/mol. The molecule has 1 saturated carbocycles. The number of anilines is 1. The van der Waals surface area contributed by atoms with E-state index in [1.807, 2.05) is 0 Å². The molecule has 2 aromatic rings. The summed E-state index contributed by atoms with van der Waals surface area (Å²) in [5.41, 5.74) is 1.28. The van der Waals surface area contributed by atoms with Crippen molar-refractivity contribution in [1.29, 1.82) is 0 Å². The second-order valence-corrected chi connectivity index (χ2v) is 7.57. The normalized spacial score (nSPS) is 14.5. The van der Waals surface area contributed by atoms with E-state index in [4.69, 9.17) is 4.74 Å². The van der Waals surface area contributed by atoms with E-state index in [0.29, 0.717) is 33.1 Å². The fraction of sp³-hybridized carbons (Fsp3) is 0.588. The van der Waals surface area contributed by atoms with Gasteiger partial charge < -0.3 is 10.1 Å². The van der Waals surface area contributed by atoms with Crippen molar-refractivity contribution < 1.29 is 14.5 Å². The zero-order chi connectivity index (χ0) is 19.6. The highest BCUT2D eigenvalue weighted by Crippen LogP contribution is 2.30. The molecule has 9 nitrogen and oxygen atoms in total. The van der Waals surface area contributed by atoms with Gasteiger partial charge in [-0.05, 0) is 33.6 Å². The number of nitrogens with one attached hydrogen (secondary N) is 1. The fourth-order valence-electron chi connectivity index (χ4n) is 3.37. The molecule has 1 aliphatic carbocycles. The van der Waals surface area contributed by atoms with Crippen molar-refractivity contribution in [1.82, 2.24) is 14.8 Å². The SMILES string of the molecule is CCOC(=O)c1sc(NC2CCCC2)nc1Cn1nc(C)c([N+](=O)[O-])c1C. The quantitative estimate of drug-likeness (QED) is 0.435. The smallest absolute Gasteiger partial charge is 0.350 e. The van der Waals surface area contributed by atoms with Gasteiger partial charge in [0.1, 0.15) is 16.3 Å². The van der Waals surface area contributed by atoms with Gasteiger partial charge in [0, 0.05) is 6.04 Å². The third-order valence-electron chi connectivity index (χ3n) is 4.67. The molecule has 1 aliphatic rings. The Morgan fingerprint density at radius 2 is 2.11 bits per heavy atom. The van der Waals surface area contributed by atoms with Gasteiger partial charge in [0.2, 0.25) is 0 Å². The number of nitro groups is 1. The maximum absolute atomic E-state index is 12.4. The second-order valence-electron chi connectivity index (χ2n) is 6.58. The Morgan fingerprint density at radius 1 is 1.41 bits per heavy atom. The Kier molecular flexibility index (Phi) is 5.73. The number of aryl methyl sites for hydroxylation is 1. The topological polar surface area (TPSA) is 112 Å². The van der Waals surface area contributed by atoms with Crippen LogP contribution >= 0.6 is 11.3 Å². The molecule has 0 bridgehead atoms. The number of hydrogen-bond donors (Lipinski definition) is 1. The van der Waals surface area contributed by atoms with Gasteiger partial charge in [0.25, 0.3) is 0 Å². The molecule has 0 unspecified atom stereocenters. The molecule has 0 aliphatic heterocycles. The molecule has 27 heavy (non-hydrogen) atoms. The van der Waals surface area contributed by atoms with Gasteiger partial charge in [-0.25, -0.2) is 9.78 Å². The molecule has 10 heteroatoms. The molecule has 3 rings (SSSR count). The molecule has 0 spiro atoms. The van der Waals surface area contributed by atoms with Crippen molar-refractivity contribution in [2.45, 2.75) is 59.0 Å². The monoisotopic (exact) mass is 393 g/mol. The zero-order valence-corrected chi connectivity index (χ0v) is 16.5. The first-order valence-corrected chi connectivity index (χ1v) is 9.84. The van der Waals surface area contributed by atoms with Crippen LogP contribution in [0.5, 0.6) is 0 Å². The highest BCUT2D eigenvalue weighted by Gasteiger charge is 2.26. The van der Waals surface area contributed by atoms with E-state index in [2.05, 4.69) is 15.4 Å². The van der Waals surface area contributed by atoms with Crippen LogP contribution in [0.25, 0.3) is 0 Å². The molecule has 2 aromatic heterocycles. The number of carbonyl (C=O) groups is 1. The molecule has 0 amide bonds. The Bertz CT molecular complexity index is 854. The summed E-state index contributed by atoms with van der Waals surface area (Å²) in [6.45, 7) is 5.44. The zero-order valence-electron chi connectivity index (χ0n) is 15.7. The first-order valence-electron chi connectivity index (χ1n) is 9.02. The summed E-state index contributed by atoms with van der Waals surface area (Å²) >= 11 is 1.27. The Morgan fingerprint density at radius 3 is 2.70 bits per heavy atom. The van der Waals surface area contributed by atoms with Crippen LogP contribution in [0.2, 0.25) is 0 Å². The average Bonchev–Trinajstić information content (AvgIpc) is 3.30. The molecule has 0 aromatic carbocycles. The van der Waals surface area contributed by atoms with Crippen molar-refractivity contribution in [2.75, 3.05) is 11.9 Å². The van der Waals surface area contributed by atoms with E-state index in [9.17, 15) is 14.9 Å². The third kappa shape index (κ3) is 4.10. The van der Waals surface area contributed by atoms with Crippen LogP contribution in [-0.4, -0.2) is 38.3 Å². The van der Waals surface area contributed by atoms with E-state index in [0.717, 1.165) is 12.8 Å². The Balaban J connectivity index is 1.90. The summed E-state index contributed by atoms with van der Waals surface area (Å²) < 4.78 is 6.67. The third-order valence-corrected chi connectivity index (χ3v) is 5.68. The lowest BCUT2D eigenvalue weighted by molar-refractivity contribution is -0.386. The number of aromatic nitrogens is 3. The average molecular weight is 393 g/mol. The van der Waals surface area contributed by atoms with E-state index in [-0.39, 0.29) is 18.8 Å². The molecule has 1 N–H and O–H groups in total. The van der Waals surface area contributed by atoms with Gasteiger partial charge in [-0.15, -0.1) is 0 Å². The van der Waals surface area contributed by atoms with Crippen molar-refractivity contribution in [3.63, 3.8) is 0 Å². The van der Waals surface area contributed by atoms with E-state index in [1.165, 1.54) is 28.9 Å². The number of nitrogens with zero attached hydrogens (tertiary/aromatic N) is 4. The van der Waals surface area contributed by atoms with Crippen LogP contribution in [-0.2, 0) is 11.3 Å². The van der Waals surface area contributed by atoms with Gasteiger partial charge in [0.05, 0.1) is 23.8 Å². The first-order chi connectivity index (χ1) is 12.9. The standard InChI is InChI=1S/C17H23N5O4S/c1-4-26-16(23)15-13(19-17(27-15)18-12-7-5-6-8-12)9-21-11(3)14(22(24)25)10(2)20-21/h12H,4-9H2,1-3H3,(H,18,19). The molecule has 146 valence electrons. The van der Waals surface area contributed by atoms with Crippen molar-refractivity contribution in [3.05, 3.63) is 32.1 Å². The number of esters is 1. The fourth-order valence-corrected chi connectivity index (χ4v) is 4.31. The lowest BCUT2D eigenvalue weighted by atomic mass is 10.3. The van der Waals surface area contributed by atoms with Crippen molar-refractivity contribution in [3.8, 4) is 0 Å². The largest absolute Gasteiger partial charge is 0.462 e. The molecule has 0 radical (unpaired) electrons. The Labute approximate surface area is 160 Å². The van der Waals surface area contributed by atoms with Gasteiger partial charge in [-0.2, -0.15) is 5.10 Å².